The second-order valence-electron chi connectivity index (χ2n) is 1.02. The van der Waals surface area contributed by atoms with Gasteiger partial charge in [-0.15, -0.1) is 0 Å². The van der Waals surface area contributed by atoms with Crippen LogP contribution < -0.4 is 0 Å². The Balaban J connectivity index is -0.0000000146. The predicted octanol–water partition coefficient (Wildman–Crippen LogP) is 1.10. The molecule has 0 spiro atoms. The van der Waals surface area contributed by atoms with E-state index in [1.807, 2.05) is 53.1 Å². The molecule has 0 radical (unpaired) electrons. The maximum atomic E-state index is 8.00. The topological polar surface area (TPSA) is 116 Å². The Hall–Kier alpha value is -1.65. The number of rotatable bonds is 0. The Morgan fingerprint density at radius 2 is 0.765 bits per heavy atom. The van der Waals surface area contributed by atoms with Crippen LogP contribution in [0.2, 0.25) is 0 Å². The van der Waals surface area contributed by atoms with Crippen LogP contribution in [0.15, 0.2) is 0 Å². The molecule has 0 aliphatic rings. The Labute approximate surface area is 117 Å². The van der Waals surface area contributed by atoms with Gasteiger partial charge < -0.3 is 19.2 Å². The second kappa shape index (κ2) is 464. The summed E-state index contributed by atoms with van der Waals surface area (Å²) in [6.07, 6.45) is 1.25. The van der Waals surface area contributed by atoms with Crippen molar-refractivity contribution in [1.29, 1.82) is 10.5 Å². The number of nitrogens with zero attached hydrogens (tertiary/aromatic N) is 2. The van der Waals surface area contributed by atoms with Crippen LogP contribution in [0.25, 0.3) is 0 Å². The molecule has 0 heterocycles. The quantitative estimate of drug-likeness (QED) is 0.586. The van der Waals surface area contributed by atoms with E-state index in [1.54, 1.807) is 0 Å². The third kappa shape index (κ3) is 18000. The van der Waals surface area contributed by atoms with E-state index in [4.69, 9.17) is 29.7 Å². The van der Waals surface area contributed by atoms with Crippen molar-refractivity contribution < 1.29 is 40.2 Å². The molecule has 0 amide bonds. The zero-order valence-electron chi connectivity index (χ0n) is 10.2. The number of carbonyl (C=O) groups excluding carboxylic acids is 4. The van der Waals surface area contributed by atoms with Crippen LogP contribution in [0.1, 0.15) is 26.7 Å². The average Bonchev–Trinajstić information content (AvgIpc) is 2.47. The van der Waals surface area contributed by atoms with Gasteiger partial charge in [-0.1, -0.05) is 13.8 Å². The summed E-state index contributed by atoms with van der Waals surface area (Å²) < 4.78 is 0. The minimum Gasteiger partial charge on any atom is -0.307 e. The molecule has 0 atom stereocenters. The molecule has 17 heavy (non-hydrogen) atoms. The van der Waals surface area contributed by atoms with E-state index in [0.29, 0.717) is 12.8 Å². The normalized spacial score (nSPS) is 3.29. The van der Waals surface area contributed by atoms with E-state index in [0.717, 1.165) is 0 Å². The molecule has 7 heteroatoms. The van der Waals surface area contributed by atoms with Crippen molar-refractivity contribution in [1.82, 2.24) is 0 Å². The van der Waals surface area contributed by atoms with E-state index >= 15 is 0 Å². The van der Waals surface area contributed by atoms with Gasteiger partial charge in [-0.05, 0) is 0 Å². The van der Waals surface area contributed by atoms with E-state index < -0.39 is 0 Å². The van der Waals surface area contributed by atoms with Gasteiger partial charge in [0.2, 0.25) is 0 Å². The fraction of sp³-hybridized carbons (Fsp3) is 0.400. The van der Waals surface area contributed by atoms with Gasteiger partial charge in [0.05, 0.1) is 12.1 Å². The Morgan fingerprint density at radius 3 is 0.765 bits per heavy atom. The summed E-state index contributed by atoms with van der Waals surface area (Å²) in [7, 11) is 0. The van der Waals surface area contributed by atoms with Gasteiger partial charge in [0.15, 0.2) is 0 Å². The van der Waals surface area contributed by atoms with E-state index in [2.05, 4.69) is 0 Å². The van der Waals surface area contributed by atoms with Crippen molar-refractivity contribution in [2.45, 2.75) is 26.7 Å². The molecule has 0 rings (SSSR count). The van der Waals surface area contributed by atoms with Crippen molar-refractivity contribution in [3.63, 3.8) is 0 Å². The van der Waals surface area contributed by atoms with Crippen LogP contribution in [-0.4, -0.2) is 27.2 Å². The Morgan fingerprint density at radius 1 is 0.706 bits per heavy atom. The smallest absolute Gasteiger partial charge is 0.106 e. The van der Waals surface area contributed by atoms with Gasteiger partial charge in [0.1, 0.15) is 27.2 Å². The fourth-order valence-corrected chi connectivity index (χ4v) is 0. The van der Waals surface area contributed by atoms with Gasteiger partial charge in [0.25, 0.3) is 0 Å². The summed E-state index contributed by atoms with van der Waals surface area (Å²) in [6.45, 7) is 11.6. The summed E-state index contributed by atoms with van der Waals surface area (Å²) in [5.41, 5.74) is 0. The summed E-state index contributed by atoms with van der Waals surface area (Å²) in [6, 6.07) is 3.86. The molecule has 0 fully saturated rings. The molecule has 0 aliphatic carbocycles. The third-order valence-corrected chi connectivity index (χ3v) is 0.316. The average molecular weight is 414 g/mol. The standard InChI is InChI=1S/2C3H5N.4CH2O.W/c2*1-2-3-4;4*1-2;/h2*2H2,1H3;4*1H2;. The van der Waals surface area contributed by atoms with Crippen LogP contribution in [0.3, 0.4) is 0 Å². The molecule has 0 unspecified atom stereocenters. The maximum Gasteiger partial charge on any atom is 0.106 e. The number of hydrogen-bond donors (Lipinski definition) is 0. The van der Waals surface area contributed by atoms with E-state index in [9.17, 15) is 0 Å². The van der Waals surface area contributed by atoms with Crippen LogP contribution in [0.4, 0.5) is 0 Å². The SMILES string of the molecule is C=O.C=O.C=O.C=O.CCC#N.CCC#N.[W]. The zero-order valence-corrected chi connectivity index (χ0v) is 13.1. The molecule has 0 aromatic heterocycles. The van der Waals surface area contributed by atoms with Gasteiger partial charge >= 0.3 is 0 Å². The van der Waals surface area contributed by atoms with Crippen molar-refractivity contribution >= 4 is 27.2 Å². The van der Waals surface area contributed by atoms with Gasteiger partial charge in [-0.25, -0.2) is 0 Å². The summed E-state index contributed by atoms with van der Waals surface area (Å²) in [4.78, 5) is 32.0. The molecule has 0 aromatic rings. The number of nitriles is 2. The second-order valence-corrected chi connectivity index (χ2v) is 1.02. The van der Waals surface area contributed by atoms with Gasteiger partial charge in [-0.2, -0.15) is 10.5 Å². The minimum absolute atomic E-state index is 0. The molecule has 98 valence electrons. The van der Waals surface area contributed by atoms with Crippen molar-refractivity contribution in [3.05, 3.63) is 0 Å². The predicted molar refractivity (Wildman–Crippen MR) is 60.3 cm³/mol. The van der Waals surface area contributed by atoms with Gasteiger partial charge in [-0.3, -0.25) is 0 Å². The van der Waals surface area contributed by atoms with Crippen molar-refractivity contribution in [2.75, 3.05) is 0 Å². The van der Waals surface area contributed by atoms with Crippen LogP contribution in [0, 0.1) is 22.7 Å². The minimum atomic E-state index is 0. The summed E-state index contributed by atoms with van der Waals surface area (Å²) >= 11 is 0. The first-order valence-corrected chi connectivity index (χ1v) is 3.72. The molecular weight excluding hydrogens is 396 g/mol. The first-order valence-electron chi connectivity index (χ1n) is 3.72. The van der Waals surface area contributed by atoms with E-state index in [-0.39, 0.29) is 21.1 Å². The third-order valence-electron chi connectivity index (χ3n) is 0.316. The molecule has 0 saturated carbocycles. The Bertz CT molecular complexity index is 135. The maximum absolute atomic E-state index is 8.00. The van der Waals surface area contributed by atoms with Crippen LogP contribution >= 0.6 is 0 Å². The Kier molecular flexibility index (Phi) is 1240. The molecule has 0 saturated heterocycles. The molecule has 6 nitrogen and oxygen atoms in total. The largest absolute Gasteiger partial charge is 0.307 e. The molecule has 0 aromatic carbocycles. The van der Waals surface area contributed by atoms with E-state index in [1.165, 1.54) is 0 Å². The van der Waals surface area contributed by atoms with Crippen molar-refractivity contribution in [3.8, 4) is 12.1 Å². The first kappa shape index (κ1) is 45.3. The monoisotopic (exact) mass is 414 g/mol. The molecule has 0 bridgehead atoms. The molecular formula is C10H18N2O4W. The number of hydrogen-bond acceptors (Lipinski definition) is 6. The van der Waals surface area contributed by atoms with Crippen LogP contribution in [-0.2, 0) is 40.2 Å². The first-order chi connectivity index (χ1) is 7.83. The molecule has 0 aliphatic heterocycles. The number of carbonyl (C=O) groups is 4. The van der Waals surface area contributed by atoms with Crippen molar-refractivity contribution in [2.24, 2.45) is 0 Å². The van der Waals surface area contributed by atoms with Gasteiger partial charge in [0, 0.05) is 33.9 Å². The molecule has 0 N–H and O–H groups in total. The summed E-state index contributed by atoms with van der Waals surface area (Å²) in [5.74, 6) is 0. The summed E-state index contributed by atoms with van der Waals surface area (Å²) in [5, 5.41) is 15.2. The fourth-order valence-electron chi connectivity index (χ4n) is 0. The van der Waals surface area contributed by atoms with Crippen LogP contribution in [0.5, 0.6) is 0 Å². The zero-order chi connectivity index (χ0) is 14.8.